The summed E-state index contributed by atoms with van der Waals surface area (Å²) in [6.07, 6.45) is 0.877. The number of sulfonamides is 1. The Balaban J connectivity index is 1.96. The van der Waals surface area contributed by atoms with Gasteiger partial charge in [0.25, 0.3) is 0 Å². The Morgan fingerprint density at radius 3 is 2.47 bits per heavy atom. The van der Waals surface area contributed by atoms with Crippen molar-refractivity contribution >= 4 is 10.0 Å². The average molecular weight is 283 g/mol. The maximum atomic E-state index is 12.1. The minimum absolute atomic E-state index is 0.0259. The van der Waals surface area contributed by atoms with Gasteiger partial charge in [-0.1, -0.05) is 24.3 Å². The molecule has 0 amide bonds. The van der Waals surface area contributed by atoms with Gasteiger partial charge in [-0.3, -0.25) is 0 Å². The Bertz CT molecular complexity index is 513. The third-order valence-electron chi connectivity index (χ3n) is 3.35. The fraction of sp³-hybridized carbons (Fsp3) is 0.538. The van der Waals surface area contributed by atoms with Crippen LogP contribution < -0.4 is 10.5 Å². The first-order valence-electron chi connectivity index (χ1n) is 6.45. The van der Waals surface area contributed by atoms with Crippen LogP contribution in [0, 0.1) is 0 Å². The summed E-state index contributed by atoms with van der Waals surface area (Å²) in [6, 6.07) is 7.42. The molecule has 3 N–H and O–H groups in total. The topological polar surface area (TPSA) is 75.4 Å². The summed E-state index contributed by atoms with van der Waals surface area (Å²) in [4.78, 5) is 2.13. The van der Waals surface area contributed by atoms with E-state index in [0.29, 0.717) is 6.54 Å². The summed E-state index contributed by atoms with van der Waals surface area (Å²) in [7, 11) is -1.27. The standard InChI is InChI=1S/C13H21N3O2S/c1-16-7-6-13(9-16)15-19(17,18)10-12-4-2-11(8-14)3-5-12/h2-5,13,15H,6-10,14H2,1H3. The molecule has 5 nitrogen and oxygen atoms in total. The highest BCUT2D eigenvalue weighted by Crippen LogP contribution is 2.11. The summed E-state index contributed by atoms with van der Waals surface area (Å²) in [6.45, 7) is 2.20. The molecule has 0 radical (unpaired) electrons. The van der Waals surface area contributed by atoms with Crippen LogP contribution in [-0.2, 0) is 22.3 Å². The van der Waals surface area contributed by atoms with E-state index in [9.17, 15) is 8.42 Å². The van der Waals surface area contributed by atoms with E-state index in [0.717, 1.165) is 30.6 Å². The van der Waals surface area contributed by atoms with Crippen molar-refractivity contribution in [1.82, 2.24) is 9.62 Å². The molecule has 1 heterocycles. The van der Waals surface area contributed by atoms with E-state index in [1.807, 2.05) is 31.3 Å². The lowest BCUT2D eigenvalue weighted by molar-refractivity contribution is 0.407. The van der Waals surface area contributed by atoms with Gasteiger partial charge in [0.15, 0.2) is 0 Å². The molecule has 1 aliphatic heterocycles. The number of likely N-dealkylation sites (tertiary alicyclic amines) is 1. The lowest BCUT2D eigenvalue weighted by Gasteiger charge is -2.13. The van der Waals surface area contributed by atoms with E-state index in [1.54, 1.807) is 0 Å². The second kappa shape index (κ2) is 6.00. The second-order valence-corrected chi connectivity index (χ2v) is 6.90. The van der Waals surface area contributed by atoms with Gasteiger partial charge in [0.2, 0.25) is 10.0 Å². The molecule has 6 heteroatoms. The number of nitrogens with two attached hydrogens (primary N) is 1. The van der Waals surface area contributed by atoms with E-state index in [1.165, 1.54) is 0 Å². The molecule has 0 aliphatic carbocycles. The first-order chi connectivity index (χ1) is 8.98. The second-order valence-electron chi connectivity index (χ2n) is 5.15. The molecule has 106 valence electrons. The molecular formula is C13H21N3O2S. The Morgan fingerprint density at radius 2 is 1.95 bits per heavy atom. The van der Waals surface area contributed by atoms with Crippen LogP contribution in [0.25, 0.3) is 0 Å². The van der Waals surface area contributed by atoms with E-state index in [-0.39, 0.29) is 11.8 Å². The van der Waals surface area contributed by atoms with Crippen molar-refractivity contribution in [1.29, 1.82) is 0 Å². The van der Waals surface area contributed by atoms with Crippen molar-refractivity contribution in [3.05, 3.63) is 35.4 Å². The van der Waals surface area contributed by atoms with Gasteiger partial charge in [-0.25, -0.2) is 13.1 Å². The molecule has 1 fully saturated rings. The van der Waals surface area contributed by atoms with Crippen LogP contribution in [0.1, 0.15) is 17.5 Å². The summed E-state index contributed by atoms with van der Waals surface area (Å²) >= 11 is 0. The minimum atomic E-state index is -3.27. The molecule has 0 bridgehead atoms. The van der Waals surface area contributed by atoms with Crippen LogP contribution in [0.4, 0.5) is 0 Å². The Morgan fingerprint density at radius 1 is 1.32 bits per heavy atom. The highest BCUT2D eigenvalue weighted by atomic mass is 32.2. The third kappa shape index (κ3) is 4.28. The SMILES string of the molecule is CN1CCC(NS(=O)(=O)Cc2ccc(CN)cc2)C1. The average Bonchev–Trinajstić information content (AvgIpc) is 2.74. The van der Waals surface area contributed by atoms with Gasteiger partial charge in [-0.05, 0) is 31.1 Å². The van der Waals surface area contributed by atoms with Gasteiger partial charge in [-0.2, -0.15) is 0 Å². The number of nitrogens with zero attached hydrogens (tertiary/aromatic N) is 1. The fourth-order valence-corrected chi connectivity index (χ4v) is 3.73. The summed E-state index contributed by atoms with van der Waals surface area (Å²) in [5.74, 6) is 0.0259. The molecule has 2 rings (SSSR count). The Hall–Kier alpha value is -0.950. The highest BCUT2D eigenvalue weighted by molar-refractivity contribution is 7.88. The molecule has 0 saturated carbocycles. The first-order valence-corrected chi connectivity index (χ1v) is 8.10. The zero-order chi connectivity index (χ0) is 13.9. The van der Waals surface area contributed by atoms with Gasteiger partial charge < -0.3 is 10.6 Å². The zero-order valence-corrected chi connectivity index (χ0v) is 12.0. The predicted molar refractivity (Wildman–Crippen MR) is 76.0 cm³/mol. The normalized spacial score (nSPS) is 20.8. The first kappa shape index (κ1) is 14.5. The minimum Gasteiger partial charge on any atom is -0.326 e. The molecule has 0 aromatic heterocycles. The molecule has 1 aromatic carbocycles. The van der Waals surface area contributed by atoms with Crippen molar-refractivity contribution in [3.63, 3.8) is 0 Å². The highest BCUT2D eigenvalue weighted by Gasteiger charge is 2.24. The van der Waals surface area contributed by atoms with Crippen molar-refractivity contribution in [2.45, 2.75) is 24.8 Å². The third-order valence-corrected chi connectivity index (χ3v) is 4.76. The maximum Gasteiger partial charge on any atom is 0.216 e. The number of hydrogen-bond donors (Lipinski definition) is 2. The van der Waals surface area contributed by atoms with Crippen LogP contribution in [0.15, 0.2) is 24.3 Å². The van der Waals surface area contributed by atoms with Gasteiger partial charge in [0, 0.05) is 19.1 Å². The van der Waals surface area contributed by atoms with Crippen molar-refractivity contribution in [2.24, 2.45) is 5.73 Å². The van der Waals surface area contributed by atoms with Crippen molar-refractivity contribution in [3.8, 4) is 0 Å². The summed E-state index contributed by atoms with van der Waals surface area (Å²) in [5, 5.41) is 0. The number of rotatable bonds is 5. The molecule has 1 aliphatic rings. The maximum absolute atomic E-state index is 12.1. The number of hydrogen-bond acceptors (Lipinski definition) is 4. The number of likely N-dealkylation sites (N-methyl/N-ethyl adjacent to an activating group) is 1. The van der Waals surface area contributed by atoms with Crippen LogP contribution in [0.5, 0.6) is 0 Å². The van der Waals surface area contributed by atoms with Gasteiger partial charge in [0.1, 0.15) is 0 Å². The summed E-state index contributed by atoms with van der Waals surface area (Å²) in [5.41, 5.74) is 7.31. The molecular weight excluding hydrogens is 262 g/mol. The quantitative estimate of drug-likeness (QED) is 0.813. The molecule has 0 spiro atoms. The lowest BCUT2D eigenvalue weighted by atomic mass is 10.1. The number of benzene rings is 1. The van der Waals surface area contributed by atoms with Gasteiger partial charge in [0.05, 0.1) is 5.75 Å². The van der Waals surface area contributed by atoms with E-state index in [2.05, 4.69) is 9.62 Å². The predicted octanol–water partition coefficient (Wildman–Crippen LogP) is 0.269. The van der Waals surface area contributed by atoms with E-state index < -0.39 is 10.0 Å². The van der Waals surface area contributed by atoms with E-state index >= 15 is 0 Å². The van der Waals surface area contributed by atoms with Gasteiger partial charge in [-0.15, -0.1) is 0 Å². The van der Waals surface area contributed by atoms with Crippen LogP contribution in [0.2, 0.25) is 0 Å². The van der Waals surface area contributed by atoms with E-state index in [4.69, 9.17) is 5.73 Å². The van der Waals surface area contributed by atoms with Crippen LogP contribution in [-0.4, -0.2) is 39.5 Å². The smallest absolute Gasteiger partial charge is 0.216 e. The molecule has 1 saturated heterocycles. The number of nitrogens with one attached hydrogen (secondary N) is 1. The van der Waals surface area contributed by atoms with Crippen LogP contribution in [0.3, 0.4) is 0 Å². The molecule has 1 aromatic rings. The van der Waals surface area contributed by atoms with Gasteiger partial charge >= 0.3 is 0 Å². The Labute approximate surface area is 114 Å². The van der Waals surface area contributed by atoms with Crippen molar-refractivity contribution < 1.29 is 8.42 Å². The summed E-state index contributed by atoms with van der Waals surface area (Å²) < 4.78 is 26.9. The monoisotopic (exact) mass is 283 g/mol. The fourth-order valence-electron chi connectivity index (χ4n) is 2.32. The van der Waals surface area contributed by atoms with Crippen molar-refractivity contribution in [2.75, 3.05) is 20.1 Å². The lowest BCUT2D eigenvalue weighted by Crippen LogP contribution is -2.37. The molecule has 1 atom stereocenters. The zero-order valence-electron chi connectivity index (χ0n) is 11.2. The largest absolute Gasteiger partial charge is 0.326 e. The van der Waals surface area contributed by atoms with Crippen LogP contribution >= 0.6 is 0 Å². The Kier molecular flexibility index (Phi) is 4.57. The molecule has 19 heavy (non-hydrogen) atoms. The molecule has 1 unspecified atom stereocenters.